The third kappa shape index (κ3) is 2.26. The Labute approximate surface area is 100 Å². The van der Waals surface area contributed by atoms with Gasteiger partial charge in [0.1, 0.15) is 0 Å². The lowest BCUT2D eigenvalue weighted by Crippen LogP contribution is -2.03. The van der Waals surface area contributed by atoms with E-state index in [0.29, 0.717) is 0 Å². The molecule has 0 radical (unpaired) electrons. The molecular weight excluding hydrogens is 240 g/mol. The summed E-state index contributed by atoms with van der Waals surface area (Å²) in [7, 11) is 0. The number of hydrogen-bond acceptors (Lipinski definition) is 6. The second-order valence-corrected chi connectivity index (χ2v) is 3.20. The Kier molecular flexibility index (Phi) is 2.92. The van der Waals surface area contributed by atoms with E-state index in [-0.39, 0.29) is 22.8 Å². The maximum atomic E-state index is 10.6. The fourth-order valence-corrected chi connectivity index (χ4v) is 1.11. The van der Waals surface area contributed by atoms with E-state index in [1.54, 1.807) is 0 Å². The quantitative estimate of drug-likeness (QED) is 0.793. The van der Waals surface area contributed by atoms with Crippen LogP contribution in [0, 0.1) is 0 Å². The summed E-state index contributed by atoms with van der Waals surface area (Å²) in [5.41, 5.74) is -0.109. The van der Waals surface area contributed by atoms with Gasteiger partial charge in [0, 0.05) is 24.8 Å². The van der Waals surface area contributed by atoms with E-state index in [2.05, 4.69) is 19.9 Å². The van der Waals surface area contributed by atoms with Gasteiger partial charge in [-0.1, -0.05) is 0 Å². The summed E-state index contributed by atoms with van der Waals surface area (Å²) in [5.74, 6) is -2.03. The average molecular weight is 246 g/mol. The summed E-state index contributed by atoms with van der Waals surface area (Å²) in [6, 6.07) is 0. The molecular formula is C10H6N4O4. The zero-order chi connectivity index (χ0) is 13.1. The summed E-state index contributed by atoms with van der Waals surface area (Å²) < 4.78 is 0. The summed E-state index contributed by atoms with van der Waals surface area (Å²) in [4.78, 5) is 36.3. The molecule has 0 atom stereocenters. The van der Waals surface area contributed by atoms with Gasteiger partial charge in [-0.25, -0.2) is 29.5 Å². The number of carbonyl (C=O) groups is 2. The van der Waals surface area contributed by atoms with Crippen LogP contribution in [-0.4, -0.2) is 42.1 Å². The molecule has 0 aliphatic carbocycles. The Balaban J connectivity index is 2.31. The monoisotopic (exact) mass is 246 g/mol. The lowest BCUT2D eigenvalue weighted by molar-refractivity contribution is 0.0685. The molecule has 2 aromatic rings. The zero-order valence-electron chi connectivity index (χ0n) is 8.81. The molecule has 18 heavy (non-hydrogen) atoms. The number of carboxylic acids is 2. The van der Waals surface area contributed by atoms with Gasteiger partial charge in [-0.2, -0.15) is 0 Å². The van der Waals surface area contributed by atoms with Crippen LogP contribution < -0.4 is 0 Å². The molecule has 0 spiro atoms. The molecule has 0 aliphatic rings. The van der Waals surface area contributed by atoms with Crippen LogP contribution in [0.15, 0.2) is 24.8 Å². The highest BCUT2D eigenvalue weighted by Crippen LogP contribution is 2.08. The molecule has 2 heterocycles. The van der Waals surface area contributed by atoms with E-state index in [4.69, 9.17) is 10.2 Å². The molecule has 0 amide bonds. The molecule has 0 unspecified atom stereocenters. The van der Waals surface area contributed by atoms with Crippen molar-refractivity contribution in [1.82, 2.24) is 19.9 Å². The largest absolute Gasteiger partial charge is 0.478 e. The molecule has 0 aromatic carbocycles. The highest BCUT2D eigenvalue weighted by atomic mass is 16.4. The molecule has 8 nitrogen and oxygen atoms in total. The molecule has 2 N–H and O–H groups in total. The van der Waals surface area contributed by atoms with Crippen molar-refractivity contribution in [2.24, 2.45) is 0 Å². The lowest BCUT2D eigenvalue weighted by atomic mass is 10.3. The number of aromatic nitrogens is 4. The van der Waals surface area contributed by atoms with Crippen LogP contribution in [0.5, 0.6) is 0 Å². The van der Waals surface area contributed by atoms with Crippen molar-refractivity contribution in [1.29, 1.82) is 0 Å². The van der Waals surface area contributed by atoms with Gasteiger partial charge < -0.3 is 10.2 Å². The highest BCUT2D eigenvalue weighted by Gasteiger charge is 2.09. The van der Waals surface area contributed by atoms with Crippen molar-refractivity contribution >= 4 is 11.9 Å². The second-order valence-electron chi connectivity index (χ2n) is 3.20. The molecule has 0 saturated heterocycles. The predicted octanol–water partition coefficient (Wildman–Crippen LogP) is 0.330. The Morgan fingerprint density at radius 2 is 1.00 bits per heavy atom. The number of hydrogen-bond donors (Lipinski definition) is 2. The third-order valence-electron chi connectivity index (χ3n) is 2.00. The standard InChI is InChI=1S/C10H6N4O4/c15-9(16)5-1-11-7(12-2-5)8-13-3-6(4-14-8)10(17)18/h1-4H,(H,15,16)(H,17,18). The van der Waals surface area contributed by atoms with Gasteiger partial charge in [0.05, 0.1) is 11.1 Å². The SMILES string of the molecule is O=C(O)c1cnc(-c2ncc(C(=O)O)cn2)nc1. The molecule has 2 rings (SSSR count). The van der Waals surface area contributed by atoms with Crippen molar-refractivity contribution < 1.29 is 19.8 Å². The molecule has 0 saturated carbocycles. The van der Waals surface area contributed by atoms with Crippen molar-refractivity contribution in [3.05, 3.63) is 35.9 Å². The van der Waals surface area contributed by atoms with Gasteiger partial charge in [0.2, 0.25) is 0 Å². The van der Waals surface area contributed by atoms with Gasteiger partial charge in [-0.05, 0) is 0 Å². The van der Waals surface area contributed by atoms with Gasteiger partial charge in [-0.15, -0.1) is 0 Å². The minimum atomic E-state index is -1.14. The second kappa shape index (κ2) is 4.53. The smallest absolute Gasteiger partial charge is 0.338 e. The summed E-state index contributed by atoms with van der Waals surface area (Å²) in [5, 5.41) is 17.3. The first-order valence-electron chi connectivity index (χ1n) is 4.69. The van der Waals surface area contributed by atoms with Crippen LogP contribution in [-0.2, 0) is 0 Å². The Morgan fingerprint density at radius 1 is 0.722 bits per heavy atom. The predicted molar refractivity (Wildman–Crippen MR) is 57.0 cm³/mol. The van der Waals surface area contributed by atoms with Crippen LogP contribution in [0.4, 0.5) is 0 Å². The Bertz CT molecular complexity index is 539. The lowest BCUT2D eigenvalue weighted by Gasteiger charge is -1.99. The van der Waals surface area contributed by atoms with Crippen LogP contribution in [0.1, 0.15) is 20.7 Å². The first-order valence-corrected chi connectivity index (χ1v) is 4.69. The molecule has 90 valence electrons. The van der Waals surface area contributed by atoms with E-state index in [1.807, 2.05) is 0 Å². The van der Waals surface area contributed by atoms with E-state index in [1.165, 1.54) is 0 Å². The minimum absolute atomic E-state index is 0.0547. The summed E-state index contributed by atoms with van der Waals surface area (Å²) in [6.07, 6.45) is 4.50. The number of rotatable bonds is 3. The van der Waals surface area contributed by atoms with Gasteiger partial charge in [0.15, 0.2) is 11.6 Å². The van der Waals surface area contributed by atoms with Crippen molar-refractivity contribution in [2.45, 2.75) is 0 Å². The maximum absolute atomic E-state index is 10.6. The van der Waals surface area contributed by atoms with E-state index in [9.17, 15) is 9.59 Å². The van der Waals surface area contributed by atoms with Gasteiger partial charge in [-0.3, -0.25) is 0 Å². The van der Waals surface area contributed by atoms with Crippen LogP contribution in [0.2, 0.25) is 0 Å². The van der Waals surface area contributed by atoms with Crippen molar-refractivity contribution in [3.63, 3.8) is 0 Å². The van der Waals surface area contributed by atoms with Crippen LogP contribution >= 0.6 is 0 Å². The molecule has 8 heteroatoms. The molecule has 0 aliphatic heterocycles. The van der Waals surface area contributed by atoms with Crippen LogP contribution in [0.25, 0.3) is 11.6 Å². The van der Waals surface area contributed by atoms with E-state index < -0.39 is 11.9 Å². The first-order chi connectivity index (χ1) is 8.58. The van der Waals surface area contributed by atoms with E-state index >= 15 is 0 Å². The fraction of sp³-hybridized carbons (Fsp3) is 0. The number of nitrogens with zero attached hydrogens (tertiary/aromatic N) is 4. The van der Waals surface area contributed by atoms with Crippen molar-refractivity contribution in [2.75, 3.05) is 0 Å². The third-order valence-corrected chi connectivity index (χ3v) is 2.00. The average Bonchev–Trinajstić information content (AvgIpc) is 2.39. The first kappa shape index (κ1) is 11.6. The summed E-state index contributed by atoms with van der Waals surface area (Å²) >= 11 is 0. The molecule has 0 bridgehead atoms. The van der Waals surface area contributed by atoms with Crippen molar-refractivity contribution in [3.8, 4) is 11.6 Å². The molecule has 0 fully saturated rings. The van der Waals surface area contributed by atoms with Gasteiger partial charge in [0.25, 0.3) is 0 Å². The maximum Gasteiger partial charge on any atom is 0.338 e. The fourth-order valence-electron chi connectivity index (χ4n) is 1.11. The normalized spacial score (nSPS) is 10.0. The summed E-state index contributed by atoms with van der Waals surface area (Å²) in [6.45, 7) is 0. The Morgan fingerprint density at radius 3 is 1.22 bits per heavy atom. The van der Waals surface area contributed by atoms with E-state index in [0.717, 1.165) is 24.8 Å². The topological polar surface area (TPSA) is 126 Å². The van der Waals surface area contributed by atoms with Gasteiger partial charge >= 0.3 is 11.9 Å². The Hall–Kier alpha value is -2.90. The highest BCUT2D eigenvalue weighted by molar-refractivity contribution is 5.87. The number of aromatic carboxylic acids is 2. The molecule has 2 aromatic heterocycles. The minimum Gasteiger partial charge on any atom is -0.478 e. The van der Waals surface area contributed by atoms with Crippen LogP contribution in [0.3, 0.4) is 0 Å². The number of carboxylic acid groups (broad SMARTS) is 2. The zero-order valence-corrected chi connectivity index (χ0v) is 8.81.